The number of Topliss-reactive ketones (excluding diaryl/α,β-unsaturated/α-hetero) is 1. The zero-order valence-electron chi connectivity index (χ0n) is 15.5. The molecular formula is C20H30O7. The molecule has 1 fully saturated rings. The van der Waals surface area contributed by atoms with Gasteiger partial charge in [-0.2, -0.15) is 0 Å². The molecular weight excluding hydrogens is 352 g/mol. The molecule has 152 valence electrons. The van der Waals surface area contributed by atoms with Gasteiger partial charge in [-0.1, -0.05) is 19.3 Å². The fourth-order valence-electron chi connectivity index (χ4n) is 4.05. The van der Waals surface area contributed by atoms with Gasteiger partial charge in [0.2, 0.25) is 5.78 Å². The molecule has 7 nitrogen and oxygen atoms in total. The molecule has 1 aliphatic rings. The van der Waals surface area contributed by atoms with Crippen LogP contribution in [0.15, 0.2) is 22.8 Å². The molecule has 27 heavy (non-hydrogen) atoms. The summed E-state index contributed by atoms with van der Waals surface area (Å²) >= 11 is 0. The van der Waals surface area contributed by atoms with Crippen LogP contribution >= 0.6 is 0 Å². The van der Waals surface area contributed by atoms with Gasteiger partial charge in [-0.3, -0.25) is 9.59 Å². The maximum absolute atomic E-state index is 12.1. The molecule has 1 aliphatic carbocycles. The number of carbonyl (C=O) groups is 2. The highest BCUT2D eigenvalue weighted by Crippen LogP contribution is 2.39. The van der Waals surface area contributed by atoms with Crippen LogP contribution in [0.4, 0.5) is 0 Å². The highest BCUT2D eigenvalue weighted by molar-refractivity contribution is 5.96. The van der Waals surface area contributed by atoms with Crippen molar-refractivity contribution in [2.45, 2.75) is 76.1 Å². The van der Waals surface area contributed by atoms with Gasteiger partial charge in [0.15, 0.2) is 5.76 Å². The second-order valence-electron chi connectivity index (χ2n) is 7.48. The van der Waals surface area contributed by atoms with Gasteiger partial charge in [0, 0.05) is 6.42 Å². The number of furan rings is 1. The van der Waals surface area contributed by atoms with Crippen molar-refractivity contribution in [2.75, 3.05) is 0 Å². The number of rotatable bonds is 12. The van der Waals surface area contributed by atoms with Gasteiger partial charge in [-0.15, -0.1) is 0 Å². The van der Waals surface area contributed by atoms with Gasteiger partial charge >= 0.3 is 5.97 Å². The second kappa shape index (κ2) is 10.6. The monoisotopic (exact) mass is 382 g/mol. The van der Waals surface area contributed by atoms with Gasteiger partial charge in [0.1, 0.15) is 6.10 Å². The maximum atomic E-state index is 12.1. The Hall–Kier alpha value is -1.70. The number of carboxylic acids is 1. The molecule has 1 heterocycles. The third-order valence-corrected chi connectivity index (χ3v) is 5.54. The normalized spacial score (nSPS) is 26.2. The smallest absolute Gasteiger partial charge is 0.303 e. The van der Waals surface area contributed by atoms with Crippen LogP contribution in [0.5, 0.6) is 0 Å². The summed E-state index contributed by atoms with van der Waals surface area (Å²) in [6.45, 7) is 0. The van der Waals surface area contributed by atoms with Crippen molar-refractivity contribution < 1.29 is 34.4 Å². The summed E-state index contributed by atoms with van der Waals surface area (Å²) in [4.78, 5) is 22.6. The Morgan fingerprint density at radius 3 is 2.37 bits per heavy atom. The van der Waals surface area contributed by atoms with E-state index < -0.39 is 30.1 Å². The average Bonchev–Trinajstić information content (AvgIpc) is 3.24. The summed E-state index contributed by atoms with van der Waals surface area (Å²) in [6.07, 6.45) is 4.11. The lowest BCUT2D eigenvalue weighted by Gasteiger charge is -2.24. The van der Waals surface area contributed by atoms with Crippen molar-refractivity contribution in [3.63, 3.8) is 0 Å². The molecule has 1 aromatic heterocycles. The minimum absolute atomic E-state index is 0.0645. The van der Waals surface area contributed by atoms with Gasteiger partial charge in [0.05, 0.1) is 18.5 Å². The summed E-state index contributed by atoms with van der Waals surface area (Å²) in [5, 5.41) is 39.2. The topological polar surface area (TPSA) is 128 Å². The van der Waals surface area contributed by atoms with E-state index in [0.29, 0.717) is 19.3 Å². The first-order valence-corrected chi connectivity index (χ1v) is 9.74. The second-order valence-corrected chi connectivity index (χ2v) is 7.48. The number of aliphatic hydroxyl groups is 3. The lowest BCUT2D eigenvalue weighted by atomic mass is 9.84. The molecule has 7 heteroatoms. The van der Waals surface area contributed by atoms with Crippen molar-refractivity contribution in [1.82, 2.24) is 0 Å². The Morgan fingerprint density at radius 2 is 1.74 bits per heavy atom. The van der Waals surface area contributed by atoms with Crippen LogP contribution in [0.2, 0.25) is 0 Å². The Bertz CT molecular complexity index is 583. The lowest BCUT2D eigenvalue weighted by molar-refractivity contribution is -0.137. The third kappa shape index (κ3) is 6.45. The van der Waals surface area contributed by atoms with E-state index in [1.807, 2.05) is 0 Å². The van der Waals surface area contributed by atoms with E-state index in [2.05, 4.69) is 0 Å². The van der Waals surface area contributed by atoms with Crippen molar-refractivity contribution in [3.8, 4) is 0 Å². The standard InChI is InChI=1S/C20H30O7/c21-15(20(26)18-7-5-11-27-18)10-9-14-13(16(22)12-17(14)23)6-3-1-2-4-8-19(24)25/h5,7,11,13-17,21-23H,1-4,6,8-10,12H2,(H,24,25)/t13-,14?,15?,16+,17-/m1/s1. The predicted octanol–water partition coefficient (Wildman–Crippen LogP) is 2.39. The Balaban J connectivity index is 1.77. The zero-order chi connectivity index (χ0) is 19.8. The molecule has 0 aliphatic heterocycles. The van der Waals surface area contributed by atoms with Crippen LogP contribution in [-0.2, 0) is 4.79 Å². The quantitative estimate of drug-likeness (QED) is 0.323. The maximum Gasteiger partial charge on any atom is 0.303 e. The van der Waals surface area contributed by atoms with E-state index >= 15 is 0 Å². The first-order valence-electron chi connectivity index (χ1n) is 9.74. The van der Waals surface area contributed by atoms with Gasteiger partial charge in [0.25, 0.3) is 0 Å². The molecule has 2 rings (SSSR count). The van der Waals surface area contributed by atoms with E-state index in [0.717, 1.165) is 25.7 Å². The Kier molecular flexibility index (Phi) is 8.47. The van der Waals surface area contributed by atoms with Gasteiger partial charge in [-0.25, -0.2) is 0 Å². The van der Waals surface area contributed by atoms with Gasteiger partial charge < -0.3 is 24.8 Å². The van der Waals surface area contributed by atoms with E-state index in [4.69, 9.17) is 9.52 Å². The Labute approximate surface area is 159 Å². The molecule has 0 amide bonds. The predicted molar refractivity (Wildman–Crippen MR) is 97.2 cm³/mol. The molecule has 4 N–H and O–H groups in total. The molecule has 1 saturated carbocycles. The summed E-state index contributed by atoms with van der Waals surface area (Å²) in [7, 11) is 0. The number of carboxylic acid groups (broad SMARTS) is 1. The fourth-order valence-corrected chi connectivity index (χ4v) is 4.05. The lowest BCUT2D eigenvalue weighted by Crippen LogP contribution is -2.26. The highest BCUT2D eigenvalue weighted by Gasteiger charge is 2.41. The number of carbonyl (C=O) groups excluding carboxylic acids is 1. The third-order valence-electron chi connectivity index (χ3n) is 5.54. The van der Waals surface area contributed by atoms with Crippen molar-refractivity contribution in [3.05, 3.63) is 24.2 Å². The number of aliphatic hydroxyl groups excluding tert-OH is 3. The van der Waals surface area contributed by atoms with Gasteiger partial charge in [-0.05, 0) is 56.1 Å². The largest absolute Gasteiger partial charge is 0.481 e. The molecule has 1 aromatic rings. The molecule has 0 aromatic carbocycles. The van der Waals surface area contributed by atoms with Crippen LogP contribution in [-0.4, -0.2) is 50.5 Å². The molecule has 0 saturated heterocycles. The fraction of sp³-hybridized carbons (Fsp3) is 0.700. The van der Waals surface area contributed by atoms with Crippen LogP contribution in [0.3, 0.4) is 0 Å². The minimum Gasteiger partial charge on any atom is -0.481 e. The van der Waals surface area contributed by atoms with E-state index in [1.165, 1.54) is 12.3 Å². The number of aliphatic carboxylic acids is 1. The highest BCUT2D eigenvalue weighted by atomic mass is 16.4. The van der Waals surface area contributed by atoms with Crippen LogP contribution in [0, 0.1) is 11.8 Å². The molecule has 2 unspecified atom stereocenters. The minimum atomic E-state index is -1.18. The van der Waals surface area contributed by atoms with Crippen LogP contribution in [0.25, 0.3) is 0 Å². The van der Waals surface area contributed by atoms with Crippen molar-refractivity contribution >= 4 is 11.8 Å². The summed E-state index contributed by atoms with van der Waals surface area (Å²) in [5.74, 6) is -1.36. The average molecular weight is 382 g/mol. The number of ketones is 1. The first-order chi connectivity index (χ1) is 12.9. The number of unbranched alkanes of at least 4 members (excludes halogenated alkanes) is 3. The molecule has 0 bridgehead atoms. The number of hydrogen-bond donors (Lipinski definition) is 4. The molecule has 0 radical (unpaired) electrons. The first kappa shape index (κ1) is 21.6. The SMILES string of the molecule is O=C(O)CCCCCC[C@@H]1C(CCC(O)C(=O)c2ccco2)[C@H](O)C[C@@H]1O. The van der Waals surface area contributed by atoms with Crippen LogP contribution in [0.1, 0.15) is 68.3 Å². The molecule has 5 atom stereocenters. The zero-order valence-corrected chi connectivity index (χ0v) is 15.5. The molecule has 0 spiro atoms. The summed E-state index contributed by atoms with van der Waals surface area (Å²) < 4.78 is 5.01. The van der Waals surface area contributed by atoms with Crippen molar-refractivity contribution in [2.24, 2.45) is 11.8 Å². The Morgan fingerprint density at radius 1 is 1.07 bits per heavy atom. The van der Waals surface area contributed by atoms with Crippen LogP contribution < -0.4 is 0 Å². The van der Waals surface area contributed by atoms with E-state index in [9.17, 15) is 24.9 Å². The number of hydrogen-bond acceptors (Lipinski definition) is 6. The summed E-state index contributed by atoms with van der Waals surface area (Å²) in [5.41, 5.74) is 0. The summed E-state index contributed by atoms with van der Waals surface area (Å²) in [6, 6.07) is 3.09. The van der Waals surface area contributed by atoms with E-state index in [-0.39, 0.29) is 30.4 Å². The van der Waals surface area contributed by atoms with Crippen molar-refractivity contribution in [1.29, 1.82) is 0 Å². The van der Waals surface area contributed by atoms with E-state index in [1.54, 1.807) is 6.07 Å².